The molecule has 2 aromatic rings. The van der Waals surface area contributed by atoms with Gasteiger partial charge < -0.3 is 9.47 Å². The Balaban J connectivity index is 0.00000225. The number of ether oxygens (including phenoxy) is 2. The summed E-state index contributed by atoms with van der Waals surface area (Å²) in [6.07, 6.45) is 1.10. The lowest BCUT2D eigenvalue weighted by molar-refractivity contribution is 0.118. The molecule has 0 unspecified atom stereocenters. The minimum Gasteiger partial charge on any atom is -0.454 e. The second-order valence-corrected chi connectivity index (χ2v) is 7.74. The first-order valence-corrected chi connectivity index (χ1v) is 9.75. The normalized spacial score (nSPS) is 17.1. The molecule has 9 heteroatoms. The van der Waals surface area contributed by atoms with Gasteiger partial charge in [0.15, 0.2) is 17.3 Å². The van der Waals surface area contributed by atoms with Crippen molar-refractivity contribution in [3.8, 4) is 11.5 Å². The lowest BCUT2D eigenvalue weighted by atomic mass is 10.1. The lowest BCUT2D eigenvalue weighted by Gasteiger charge is -2.34. The van der Waals surface area contributed by atoms with Crippen molar-refractivity contribution in [2.24, 2.45) is 5.92 Å². The molecule has 28 heavy (non-hydrogen) atoms. The summed E-state index contributed by atoms with van der Waals surface area (Å²) in [6, 6.07) is 6.23. The van der Waals surface area contributed by atoms with Crippen LogP contribution >= 0.6 is 12.4 Å². The number of fused-ring (bicyclic) bond motifs is 1. The zero-order valence-corrected chi connectivity index (χ0v) is 17.4. The molecule has 2 aliphatic heterocycles. The van der Waals surface area contributed by atoms with Gasteiger partial charge in [0.05, 0.1) is 6.54 Å². The van der Waals surface area contributed by atoms with Crippen LogP contribution in [0.3, 0.4) is 0 Å². The minimum absolute atomic E-state index is 0. The third kappa shape index (κ3) is 5.12. The summed E-state index contributed by atoms with van der Waals surface area (Å²) in [5.74, 6) is 3.33. The SMILES string of the molecule is CC(C)CCn1nnnc1CN1CCN(Cc2ccc3c(c2)OCO3)CC1.Cl. The molecule has 0 radical (unpaired) electrons. The molecule has 0 saturated carbocycles. The molecule has 0 bridgehead atoms. The van der Waals surface area contributed by atoms with Crippen LogP contribution in [0.15, 0.2) is 18.2 Å². The first kappa shape index (κ1) is 20.8. The third-order valence-corrected chi connectivity index (χ3v) is 5.20. The molecule has 1 aromatic carbocycles. The molecular weight excluding hydrogens is 380 g/mol. The van der Waals surface area contributed by atoms with Gasteiger partial charge in [-0.2, -0.15) is 0 Å². The van der Waals surface area contributed by atoms with Crippen molar-refractivity contribution < 1.29 is 9.47 Å². The van der Waals surface area contributed by atoms with Crippen molar-refractivity contribution in [2.75, 3.05) is 33.0 Å². The number of tetrazole rings is 1. The van der Waals surface area contributed by atoms with Crippen LogP contribution in [0.2, 0.25) is 0 Å². The number of nitrogens with zero attached hydrogens (tertiary/aromatic N) is 6. The van der Waals surface area contributed by atoms with Crippen LogP contribution in [-0.4, -0.2) is 63.0 Å². The summed E-state index contributed by atoms with van der Waals surface area (Å²) in [5.41, 5.74) is 1.27. The van der Waals surface area contributed by atoms with Crippen LogP contribution in [0, 0.1) is 5.92 Å². The van der Waals surface area contributed by atoms with Crippen LogP contribution in [0.25, 0.3) is 0 Å². The van der Waals surface area contributed by atoms with E-state index in [0.29, 0.717) is 12.7 Å². The van der Waals surface area contributed by atoms with Crippen LogP contribution < -0.4 is 9.47 Å². The van der Waals surface area contributed by atoms with Crippen LogP contribution in [0.4, 0.5) is 0 Å². The number of hydrogen-bond acceptors (Lipinski definition) is 7. The zero-order chi connectivity index (χ0) is 18.6. The number of aryl methyl sites for hydroxylation is 1. The van der Waals surface area contributed by atoms with E-state index in [1.54, 1.807) is 0 Å². The van der Waals surface area contributed by atoms with Gasteiger partial charge in [-0.1, -0.05) is 19.9 Å². The molecule has 0 aliphatic carbocycles. The van der Waals surface area contributed by atoms with E-state index < -0.39 is 0 Å². The van der Waals surface area contributed by atoms with E-state index in [0.717, 1.165) is 69.6 Å². The van der Waals surface area contributed by atoms with E-state index in [1.807, 2.05) is 10.7 Å². The largest absolute Gasteiger partial charge is 0.454 e. The fourth-order valence-corrected chi connectivity index (χ4v) is 3.49. The van der Waals surface area contributed by atoms with Crippen molar-refractivity contribution in [3.05, 3.63) is 29.6 Å². The van der Waals surface area contributed by atoms with E-state index >= 15 is 0 Å². The van der Waals surface area contributed by atoms with Gasteiger partial charge in [0.25, 0.3) is 0 Å². The standard InChI is InChI=1S/C19H28N6O2.ClH/c1-15(2)5-6-25-19(20-21-22-25)13-24-9-7-23(8-10-24)12-16-3-4-17-18(11-16)27-14-26-17;/h3-4,11,15H,5-10,12-14H2,1-2H3;1H. The monoisotopic (exact) mass is 408 g/mol. The Morgan fingerprint density at radius 3 is 2.46 bits per heavy atom. The summed E-state index contributed by atoms with van der Waals surface area (Å²) in [6.45, 7) is 11.6. The Hall–Kier alpha value is -1.90. The molecule has 1 saturated heterocycles. The zero-order valence-electron chi connectivity index (χ0n) is 16.6. The van der Waals surface area contributed by atoms with Gasteiger partial charge in [-0.15, -0.1) is 17.5 Å². The van der Waals surface area contributed by atoms with Crippen molar-refractivity contribution in [1.29, 1.82) is 0 Å². The fourth-order valence-electron chi connectivity index (χ4n) is 3.49. The topological polar surface area (TPSA) is 68.5 Å². The molecule has 4 rings (SSSR count). The van der Waals surface area contributed by atoms with Gasteiger partial charge in [0.2, 0.25) is 6.79 Å². The summed E-state index contributed by atoms with van der Waals surface area (Å²) >= 11 is 0. The predicted molar refractivity (Wildman–Crippen MR) is 108 cm³/mol. The van der Waals surface area contributed by atoms with E-state index in [1.165, 1.54) is 5.56 Å². The number of halogens is 1. The average molecular weight is 409 g/mol. The third-order valence-electron chi connectivity index (χ3n) is 5.20. The molecular formula is C19H29ClN6O2. The first-order chi connectivity index (χ1) is 13.2. The Morgan fingerprint density at radius 1 is 1.00 bits per heavy atom. The van der Waals surface area contributed by atoms with Gasteiger partial charge in [0, 0.05) is 39.3 Å². The number of rotatable bonds is 7. The van der Waals surface area contributed by atoms with Gasteiger partial charge in [-0.05, 0) is 40.5 Å². The van der Waals surface area contributed by atoms with Crippen molar-refractivity contribution in [3.63, 3.8) is 0 Å². The van der Waals surface area contributed by atoms with Crippen molar-refractivity contribution in [1.82, 2.24) is 30.0 Å². The molecule has 0 N–H and O–H groups in total. The molecule has 0 spiro atoms. The van der Waals surface area contributed by atoms with Gasteiger partial charge in [0.1, 0.15) is 0 Å². The maximum absolute atomic E-state index is 5.48. The molecule has 154 valence electrons. The maximum Gasteiger partial charge on any atom is 0.231 e. The second kappa shape index (κ2) is 9.54. The van der Waals surface area contributed by atoms with Crippen LogP contribution in [0.5, 0.6) is 11.5 Å². The van der Waals surface area contributed by atoms with Crippen molar-refractivity contribution in [2.45, 2.75) is 39.9 Å². The molecule has 0 atom stereocenters. The smallest absolute Gasteiger partial charge is 0.231 e. The number of hydrogen-bond donors (Lipinski definition) is 0. The van der Waals surface area contributed by atoms with E-state index in [4.69, 9.17) is 9.47 Å². The Kier molecular flexibility index (Phi) is 7.09. The molecule has 1 aromatic heterocycles. The Morgan fingerprint density at radius 2 is 1.71 bits per heavy atom. The van der Waals surface area contributed by atoms with E-state index in [2.05, 4.69) is 51.3 Å². The first-order valence-electron chi connectivity index (χ1n) is 9.75. The highest BCUT2D eigenvalue weighted by Crippen LogP contribution is 2.32. The minimum atomic E-state index is 0. The summed E-state index contributed by atoms with van der Waals surface area (Å²) in [7, 11) is 0. The van der Waals surface area contributed by atoms with Crippen LogP contribution in [0.1, 0.15) is 31.7 Å². The van der Waals surface area contributed by atoms with E-state index in [-0.39, 0.29) is 12.4 Å². The van der Waals surface area contributed by atoms with Crippen LogP contribution in [-0.2, 0) is 19.6 Å². The molecule has 0 amide bonds. The molecule has 2 aliphatic rings. The van der Waals surface area contributed by atoms with Gasteiger partial charge >= 0.3 is 0 Å². The maximum atomic E-state index is 5.48. The highest BCUT2D eigenvalue weighted by molar-refractivity contribution is 5.85. The molecule has 1 fully saturated rings. The van der Waals surface area contributed by atoms with Gasteiger partial charge in [-0.3, -0.25) is 9.80 Å². The number of aromatic nitrogens is 4. The highest BCUT2D eigenvalue weighted by Gasteiger charge is 2.20. The number of benzene rings is 1. The summed E-state index contributed by atoms with van der Waals surface area (Å²) < 4.78 is 12.8. The molecule has 8 nitrogen and oxygen atoms in total. The summed E-state index contributed by atoms with van der Waals surface area (Å²) in [5, 5.41) is 12.2. The summed E-state index contributed by atoms with van der Waals surface area (Å²) in [4.78, 5) is 4.92. The lowest BCUT2D eigenvalue weighted by Crippen LogP contribution is -2.45. The Labute approximate surface area is 172 Å². The predicted octanol–water partition coefficient (Wildman–Crippen LogP) is 2.19. The average Bonchev–Trinajstić information content (AvgIpc) is 3.30. The van der Waals surface area contributed by atoms with Gasteiger partial charge in [-0.25, -0.2) is 4.68 Å². The Bertz CT molecular complexity index is 761. The fraction of sp³-hybridized carbons (Fsp3) is 0.632. The quantitative estimate of drug-likeness (QED) is 0.695. The van der Waals surface area contributed by atoms with E-state index in [9.17, 15) is 0 Å². The number of piperazine rings is 1. The second-order valence-electron chi connectivity index (χ2n) is 7.74. The molecule has 3 heterocycles. The highest BCUT2D eigenvalue weighted by atomic mass is 35.5. The van der Waals surface area contributed by atoms with Crippen molar-refractivity contribution >= 4 is 12.4 Å².